The average Bonchev–Trinajstić information content (AvgIpc) is 2.53. The summed E-state index contributed by atoms with van der Waals surface area (Å²) in [6.45, 7) is 2.53. The maximum atomic E-state index is 12.9. The predicted octanol–water partition coefficient (Wildman–Crippen LogP) is 2.77. The van der Waals surface area contributed by atoms with Crippen LogP contribution in [-0.4, -0.2) is 20.9 Å². The van der Waals surface area contributed by atoms with Gasteiger partial charge < -0.3 is 5.32 Å². The zero-order valence-corrected chi connectivity index (χ0v) is 13.4. The first-order chi connectivity index (χ1) is 10.9. The summed E-state index contributed by atoms with van der Waals surface area (Å²) in [5.41, 5.74) is 0.768. The van der Waals surface area contributed by atoms with Gasteiger partial charge in [0.1, 0.15) is 5.82 Å². The molecule has 0 heterocycles. The summed E-state index contributed by atoms with van der Waals surface area (Å²) < 4.78 is 39.6. The standard InChI is InChI=1S/C16H17FN2O3S/c1-2-11-18-16(20)12-3-7-14(8-4-12)19-23(21,22)15-9-5-13(17)6-10-15/h3-10,19H,2,11H2,1H3,(H,18,20). The van der Waals surface area contributed by atoms with Gasteiger partial charge in [0.2, 0.25) is 0 Å². The summed E-state index contributed by atoms with van der Waals surface area (Å²) in [7, 11) is -3.79. The van der Waals surface area contributed by atoms with Crippen molar-refractivity contribution in [2.24, 2.45) is 0 Å². The van der Waals surface area contributed by atoms with E-state index in [4.69, 9.17) is 0 Å². The Kier molecular flexibility index (Phi) is 5.33. The van der Waals surface area contributed by atoms with Crippen molar-refractivity contribution in [3.05, 3.63) is 59.9 Å². The van der Waals surface area contributed by atoms with Crippen molar-refractivity contribution in [3.63, 3.8) is 0 Å². The molecule has 0 saturated carbocycles. The fourth-order valence-corrected chi connectivity index (χ4v) is 2.92. The molecule has 2 aromatic rings. The van der Waals surface area contributed by atoms with Crippen molar-refractivity contribution in [1.29, 1.82) is 0 Å². The van der Waals surface area contributed by atoms with Crippen LogP contribution in [0.1, 0.15) is 23.7 Å². The van der Waals surface area contributed by atoms with Crippen LogP contribution in [0.5, 0.6) is 0 Å². The van der Waals surface area contributed by atoms with E-state index in [0.717, 1.165) is 18.6 Å². The van der Waals surface area contributed by atoms with Crippen LogP contribution in [0.4, 0.5) is 10.1 Å². The Balaban J connectivity index is 2.11. The summed E-state index contributed by atoms with van der Waals surface area (Å²) in [6.07, 6.45) is 0.835. The van der Waals surface area contributed by atoms with Gasteiger partial charge in [-0.3, -0.25) is 9.52 Å². The highest BCUT2D eigenvalue weighted by Gasteiger charge is 2.14. The number of sulfonamides is 1. The molecule has 0 fully saturated rings. The molecule has 0 spiro atoms. The molecular weight excluding hydrogens is 319 g/mol. The largest absolute Gasteiger partial charge is 0.352 e. The van der Waals surface area contributed by atoms with Gasteiger partial charge in [-0.15, -0.1) is 0 Å². The van der Waals surface area contributed by atoms with Crippen LogP contribution in [0.25, 0.3) is 0 Å². The molecule has 0 bridgehead atoms. The lowest BCUT2D eigenvalue weighted by Crippen LogP contribution is -2.23. The van der Waals surface area contributed by atoms with Gasteiger partial charge in [-0.2, -0.15) is 0 Å². The van der Waals surface area contributed by atoms with Crippen LogP contribution in [0.2, 0.25) is 0 Å². The van der Waals surface area contributed by atoms with E-state index in [0.29, 0.717) is 17.8 Å². The molecule has 7 heteroatoms. The molecule has 0 saturated heterocycles. The van der Waals surface area contributed by atoms with Crippen LogP contribution in [0.15, 0.2) is 53.4 Å². The molecule has 122 valence electrons. The van der Waals surface area contributed by atoms with Gasteiger partial charge in [-0.1, -0.05) is 6.92 Å². The molecule has 0 unspecified atom stereocenters. The molecule has 0 radical (unpaired) electrons. The number of hydrogen-bond donors (Lipinski definition) is 2. The zero-order chi connectivity index (χ0) is 16.9. The van der Waals surface area contributed by atoms with Crippen LogP contribution < -0.4 is 10.0 Å². The van der Waals surface area contributed by atoms with Gasteiger partial charge in [0.15, 0.2) is 0 Å². The lowest BCUT2D eigenvalue weighted by molar-refractivity contribution is 0.0953. The Bertz CT molecular complexity index is 772. The SMILES string of the molecule is CCCNC(=O)c1ccc(NS(=O)(=O)c2ccc(F)cc2)cc1. The molecule has 23 heavy (non-hydrogen) atoms. The minimum Gasteiger partial charge on any atom is -0.352 e. The third-order valence-corrected chi connectivity index (χ3v) is 4.46. The van der Waals surface area contributed by atoms with E-state index in [1.54, 1.807) is 0 Å². The van der Waals surface area contributed by atoms with Gasteiger partial charge in [-0.05, 0) is 55.0 Å². The highest BCUT2D eigenvalue weighted by atomic mass is 32.2. The lowest BCUT2D eigenvalue weighted by Gasteiger charge is -2.09. The summed E-state index contributed by atoms with van der Waals surface area (Å²) >= 11 is 0. The minimum atomic E-state index is -3.79. The van der Waals surface area contributed by atoms with E-state index < -0.39 is 15.8 Å². The number of anilines is 1. The molecule has 1 amide bonds. The summed E-state index contributed by atoms with van der Waals surface area (Å²) in [5.74, 6) is -0.716. The first-order valence-electron chi connectivity index (χ1n) is 7.09. The third-order valence-electron chi connectivity index (χ3n) is 3.06. The normalized spacial score (nSPS) is 11.0. The van der Waals surface area contributed by atoms with Crippen molar-refractivity contribution >= 4 is 21.6 Å². The molecule has 0 atom stereocenters. The van der Waals surface area contributed by atoms with E-state index in [9.17, 15) is 17.6 Å². The molecule has 2 rings (SSSR count). The van der Waals surface area contributed by atoms with Gasteiger partial charge in [0.05, 0.1) is 4.90 Å². The van der Waals surface area contributed by atoms with Crippen molar-refractivity contribution < 1.29 is 17.6 Å². The Morgan fingerprint density at radius 1 is 1.04 bits per heavy atom. The molecule has 0 aliphatic heterocycles. The van der Waals surface area contributed by atoms with Gasteiger partial charge in [-0.25, -0.2) is 12.8 Å². The van der Waals surface area contributed by atoms with Crippen molar-refractivity contribution in [3.8, 4) is 0 Å². The van der Waals surface area contributed by atoms with Crippen LogP contribution in [-0.2, 0) is 10.0 Å². The van der Waals surface area contributed by atoms with Crippen LogP contribution in [0, 0.1) is 5.82 Å². The Labute approximate surface area is 134 Å². The van der Waals surface area contributed by atoms with Gasteiger partial charge >= 0.3 is 0 Å². The second-order valence-corrected chi connectivity index (χ2v) is 6.58. The molecule has 0 aromatic heterocycles. The van der Waals surface area contributed by atoms with Crippen LogP contribution >= 0.6 is 0 Å². The Morgan fingerprint density at radius 3 is 2.22 bits per heavy atom. The molecule has 2 aromatic carbocycles. The second-order valence-electron chi connectivity index (χ2n) is 4.89. The fourth-order valence-electron chi connectivity index (χ4n) is 1.86. The summed E-state index contributed by atoms with van der Waals surface area (Å²) in [6, 6.07) is 10.6. The first-order valence-corrected chi connectivity index (χ1v) is 8.57. The summed E-state index contributed by atoms with van der Waals surface area (Å²) in [4.78, 5) is 11.7. The number of benzene rings is 2. The zero-order valence-electron chi connectivity index (χ0n) is 12.5. The molecule has 0 aliphatic carbocycles. The van der Waals surface area contributed by atoms with E-state index in [2.05, 4.69) is 10.0 Å². The molecule has 5 nitrogen and oxygen atoms in total. The number of hydrogen-bond acceptors (Lipinski definition) is 3. The maximum Gasteiger partial charge on any atom is 0.261 e. The lowest BCUT2D eigenvalue weighted by atomic mass is 10.2. The maximum absolute atomic E-state index is 12.9. The number of carbonyl (C=O) groups is 1. The van der Waals surface area contributed by atoms with Gasteiger partial charge in [0.25, 0.3) is 15.9 Å². The predicted molar refractivity (Wildman–Crippen MR) is 86.3 cm³/mol. The molecular formula is C16H17FN2O3S. The fraction of sp³-hybridized carbons (Fsp3) is 0.188. The third kappa shape index (κ3) is 4.53. The Hall–Kier alpha value is -2.41. The van der Waals surface area contributed by atoms with E-state index >= 15 is 0 Å². The second kappa shape index (κ2) is 7.23. The number of carbonyl (C=O) groups excluding carboxylic acids is 1. The van der Waals surface area contributed by atoms with Crippen molar-refractivity contribution in [1.82, 2.24) is 5.32 Å². The number of rotatable bonds is 6. The number of halogens is 1. The van der Waals surface area contributed by atoms with Gasteiger partial charge in [0, 0.05) is 17.8 Å². The first kappa shape index (κ1) is 17.0. The van der Waals surface area contributed by atoms with Crippen LogP contribution in [0.3, 0.4) is 0 Å². The van der Waals surface area contributed by atoms with E-state index in [1.807, 2.05) is 6.92 Å². The molecule has 2 N–H and O–H groups in total. The molecule has 0 aliphatic rings. The van der Waals surface area contributed by atoms with E-state index in [1.165, 1.54) is 36.4 Å². The highest BCUT2D eigenvalue weighted by Crippen LogP contribution is 2.17. The Morgan fingerprint density at radius 2 is 1.65 bits per heavy atom. The number of nitrogens with one attached hydrogen (secondary N) is 2. The topological polar surface area (TPSA) is 75.3 Å². The highest BCUT2D eigenvalue weighted by molar-refractivity contribution is 7.92. The quantitative estimate of drug-likeness (QED) is 0.852. The van der Waals surface area contributed by atoms with Crippen molar-refractivity contribution in [2.45, 2.75) is 18.2 Å². The minimum absolute atomic E-state index is 0.0383. The smallest absolute Gasteiger partial charge is 0.261 e. The van der Waals surface area contributed by atoms with E-state index in [-0.39, 0.29) is 10.8 Å². The van der Waals surface area contributed by atoms with Crippen molar-refractivity contribution in [2.75, 3.05) is 11.3 Å². The number of amides is 1. The summed E-state index contributed by atoms with van der Waals surface area (Å²) in [5, 5.41) is 2.73. The average molecular weight is 336 g/mol. The monoisotopic (exact) mass is 336 g/mol.